The highest BCUT2D eigenvalue weighted by Crippen LogP contribution is 2.32. The summed E-state index contributed by atoms with van der Waals surface area (Å²) in [5.41, 5.74) is 3.89. The van der Waals surface area contributed by atoms with Crippen LogP contribution in [-0.4, -0.2) is 22.1 Å². The number of carbonyl (C=O) groups is 1. The van der Waals surface area contributed by atoms with Gasteiger partial charge in [0, 0.05) is 23.8 Å². The molecule has 0 amide bonds. The van der Waals surface area contributed by atoms with Crippen LogP contribution in [-0.2, 0) is 9.53 Å². The monoisotopic (exact) mass is 571 g/mol. The van der Waals surface area contributed by atoms with E-state index in [1.807, 2.05) is 24.3 Å². The maximum Gasteiger partial charge on any atom is 0.338 e. The highest BCUT2D eigenvalue weighted by molar-refractivity contribution is 7.07. The van der Waals surface area contributed by atoms with Gasteiger partial charge in [0.1, 0.15) is 11.5 Å². The van der Waals surface area contributed by atoms with E-state index in [2.05, 4.69) is 18.8 Å². The van der Waals surface area contributed by atoms with Crippen LogP contribution in [0.4, 0.5) is 5.69 Å². The molecule has 0 spiro atoms. The van der Waals surface area contributed by atoms with Gasteiger partial charge in [0.2, 0.25) is 0 Å². The van der Waals surface area contributed by atoms with Gasteiger partial charge in [-0.2, -0.15) is 0 Å². The lowest BCUT2D eigenvalue weighted by molar-refractivity contribution is -0.384. The molecule has 2 aromatic heterocycles. The molecule has 0 bridgehead atoms. The third kappa shape index (κ3) is 5.30. The average molecular weight is 572 g/mol. The summed E-state index contributed by atoms with van der Waals surface area (Å²) in [5, 5.41) is 11.1. The number of carbonyl (C=O) groups excluding carboxylic acids is 1. The largest absolute Gasteiger partial charge is 0.463 e. The fraction of sp³-hybridized carbons (Fsp3) is 0.258. The summed E-state index contributed by atoms with van der Waals surface area (Å²) in [6.07, 6.45) is 1.65. The Bertz CT molecular complexity index is 1880. The van der Waals surface area contributed by atoms with Crippen LogP contribution in [0.2, 0.25) is 0 Å². The zero-order valence-electron chi connectivity index (χ0n) is 23.3. The van der Waals surface area contributed by atoms with E-state index >= 15 is 0 Å². The molecule has 3 heterocycles. The molecule has 0 saturated carbocycles. The highest BCUT2D eigenvalue weighted by atomic mass is 32.1. The van der Waals surface area contributed by atoms with Crippen molar-refractivity contribution in [2.24, 2.45) is 4.99 Å². The Morgan fingerprint density at radius 3 is 2.54 bits per heavy atom. The van der Waals surface area contributed by atoms with Gasteiger partial charge < -0.3 is 9.15 Å². The lowest BCUT2D eigenvalue weighted by Gasteiger charge is -2.25. The van der Waals surface area contributed by atoms with Crippen LogP contribution in [0.25, 0.3) is 17.4 Å². The van der Waals surface area contributed by atoms with E-state index in [1.165, 1.54) is 23.5 Å². The van der Waals surface area contributed by atoms with Crippen molar-refractivity contribution in [2.45, 2.75) is 46.6 Å². The van der Waals surface area contributed by atoms with Gasteiger partial charge in [-0.05, 0) is 61.6 Å². The molecule has 0 fully saturated rings. The minimum atomic E-state index is -0.691. The molecule has 4 aromatic rings. The summed E-state index contributed by atoms with van der Waals surface area (Å²) in [7, 11) is 0. The van der Waals surface area contributed by atoms with E-state index in [4.69, 9.17) is 9.15 Å². The topological polar surface area (TPSA) is 117 Å². The Kier molecular flexibility index (Phi) is 7.59. The molecule has 210 valence electrons. The summed E-state index contributed by atoms with van der Waals surface area (Å²) < 4.78 is 13.3. The smallest absolute Gasteiger partial charge is 0.338 e. The molecule has 10 heteroatoms. The van der Waals surface area contributed by atoms with E-state index in [9.17, 15) is 19.7 Å². The van der Waals surface area contributed by atoms with E-state index in [0.29, 0.717) is 43.6 Å². The number of nitrogens with zero attached hydrogens (tertiary/aromatic N) is 3. The molecule has 0 N–H and O–H groups in total. The number of aromatic nitrogens is 1. The number of hydrogen-bond donors (Lipinski definition) is 0. The van der Waals surface area contributed by atoms with Crippen molar-refractivity contribution in [3.05, 3.63) is 118 Å². The van der Waals surface area contributed by atoms with Crippen molar-refractivity contribution in [2.75, 3.05) is 6.61 Å². The number of nitro benzene ring substituents is 1. The first-order valence-corrected chi connectivity index (χ1v) is 14.1. The third-order valence-corrected chi connectivity index (χ3v) is 8.01. The van der Waals surface area contributed by atoms with Gasteiger partial charge in [0.05, 0.1) is 33.4 Å². The molecular weight excluding hydrogens is 542 g/mol. The van der Waals surface area contributed by atoms with Crippen molar-refractivity contribution < 1.29 is 18.9 Å². The normalized spacial score (nSPS) is 15.2. The van der Waals surface area contributed by atoms with Gasteiger partial charge in [0.25, 0.3) is 11.2 Å². The van der Waals surface area contributed by atoms with E-state index in [0.717, 1.165) is 16.7 Å². The first-order chi connectivity index (χ1) is 19.6. The van der Waals surface area contributed by atoms with Crippen LogP contribution in [0.5, 0.6) is 0 Å². The molecule has 9 nitrogen and oxygen atoms in total. The van der Waals surface area contributed by atoms with Crippen LogP contribution in [0.1, 0.15) is 62.1 Å². The fourth-order valence-electron chi connectivity index (χ4n) is 4.91. The summed E-state index contributed by atoms with van der Waals surface area (Å²) in [4.78, 5) is 42.7. The predicted molar refractivity (Wildman–Crippen MR) is 156 cm³/mol. The van der Waals surface area contributed by atoms with Crippen LogP contribution in [0.15, 0.2) is 80.1 Å². The minimum Gasteiger partial charge on any atom is -0.463 e. The van der Waals surface area contributed by atoms with E-state index in [-0.39, 0.29) is 17.9 Å². The summed E-state index contributed by atoms with van der Waals surface area (Å²) in [6.45, 7) is 9.69. The summed E-state index contributed by atoms with van der Waals surface area (Å²) in [5.74, 6) is 0.804. The van der Waals surface area contributed by atoms with Crippen LogP contribution < -0.4 is 14.9 Å². The quantitative estimate of drug-likeness (QED) is 0.167. The number of ether oxygens (including phenoxy) is 1. The van der Waals surface area contributed by atoms with Gasteiger partial charge in [-0.1, -0.05) is 49.4 Å². The second kappa shape index (κ2) is 11.1. The van der Waals surface area contributed by atoms with Crippen molar-refractivity contribution >= 4 is 29.1 Å². The molecule has 0 saturated heterocycles. The molecule has 1 atom stereocenters. The van der Waals surface area contributed by atoms with Crippen molar-refractivity contribution in [3.8, 4) is 11.3 Å². The molecule has 1 aliphatic heterocycles. The Morgan fingerprint density at radius 1 is 1.17 bits per heavy atom. The van der Waals surface area contributed by atoms with Crippen molar-refractivity contribution in [3.63, 3.8) is 0 Å². The van der Waals surface area contributed by atoms with Crippen LogP contribution >= 0.6 is 11.3 Å². The third-order valence-electron chi connectivity index (χ3n) is 7.02. The second-order valence-electron chi connectivity index (χ2n) is 10.1. The van der Waals surface area contributed by atoms with Crippen molar-refractivity contribution in [1.29, 1.82) is 0 Å². The highest BCUT2D eigenvalue weighted by Gasteiger charge is 2.33. The maximum atomic E-state index is 13.8. The number of hydrogen-bond acceptors (Lipinski definition) is 8. The van der Waals surface area contributed by atoms with E-state index < -0.39 is 16.9 Å². The number of rotatable bonds is 7. The number of non-ortho nitro benzene ring substituents is 1. The number of esters is 1. The number of nitro groups is 1. The Hall–Kier alpha value is -4.57. The number of aryl methyl sites for hydroxylation is 1. The van der Waals surface area contributed by atoms with Gasteiger partial charge >= 0.3 is 5.97 Å². The van der Waals surface area contributed by atoms with Crippen LogP contribution in [0.3, 0.4) is 0 Å². The Balaban J connectivity index is 1.60. The number of allylic oxidation sites excluding steroid dienone is 1. The molecular formula is C31H29N3O6S. The first kappa shape index (κ1) is 28.0. The molecule has 0 radical (unpaired) electrons. The molecule has 5 rings (SSSR count). The molecule has 0 aliphatic carbocycles. The summed E-state index contributed by atoms with van der Waals surface area (Å²) >= 11 is 1.21. The lowest BCUT2D eigenvalue weighted by atomic mass is 9.93. The minimum absolute atomic E-state index is 0.00465. The molecule has 41 heavy (non-hydrogen) atoms. The first-order valence-electron chi connectivity index (χ1n) is 13.2. The van der Waals surface area contributed by atoms with Gasteiger partial charge in [0.15, 0.2) is 4.80 Å². The Morgan fingerprint density at radius 2 is 1.90 bits per heavy atom. The van der Waals surface area contributed by atoms with Gasteiger partial charge in [-0.15, -0.1) is 0 Å². The number of thiazole rings is 1. The number of furan rings is 1. The van der Waals surface area contributed by atoms with Gasteiger partial charge in [-0.3, -0.25) is 19.5 Å². The second-order valence-corrected chi connectivity index (χ2v) is 11.1. The lowest BCUT2D eigenvalue weighted by Crippen LogP contribution is -2.39. The standard InChI is InChI=1S/C31H29N3O6S/c1-6-39-30(36)27-19(5)32-31-33(28(27)21-9-7-20(8-10-21)17(2)3)29(35)26(41-31)16-23-12-14-25(40-23)24-13-11-22(34(37)38)15-18(24)4/h7-17,28H,6H2,1-5H3. The Labute approximate surface area is 239 Å². The van der Waals surface area contributed by atoms with Crippen molar-refractivity contribution in [1.82, 2.24) is 4.57 Å². The zero-order chi connectivity index (χ0) is 29.4. The molecule has 1 aliphatic rings. The number of fused-ring (bicyclic) bond motifs is 1. The average Bonchev–Trinajstić information content (AvgIpc) is 3.52. The SMILES string of the molecule is CCOC(=O)C1=C(C)N=c2sc(=Cc3ccc(-c4ccc([N+](=O)[O-])cc4C)o3)c(=O)n2C1c1ccc(C(C)C)cc1. The molecule has 2 aromatic carbocycles. The predicted octanol–water partition coefficient (Wildman–Crippen LogP) is 5.40. The summed E-state index contributed by atoms with van der Waals surface area (Å²) in [6, 6.07) is 15.3. The van der Waals surface area contributed by atoms with E-state index in [1.54, 1.807) is 49.6 Å². The number of benzene rings is 2. The van der Waals surface area contributed by atoms with Crippen LogP contribution in [0, 0.1) is 17.0 Å². The maximum absolute atomic E-state index is 13.8. The van der Waals surface area contributed by atoms with Gasteiger partial charge in [-0.25, -0.2) is 9.79 Å². The molecule has 1 unspecified atom stereocenters. The zero-order valence-corrected chi connectivity index (χ0v) is 24.2. The fourth-order valence-corrected chi connectivity index (χ4v) is 5.94.